The molecule has 2 N–H and O–H groups in total. The minimum absolute atomic E-state index is 0.111. The van der Waals surface area contributed by atoms with Crippen LogP contribution in [0.5, 0.6) is 5.75 Å². The number of rotatable bonds is 11. The van der Waals surface area contributed by atoms with Crippen molar-refractivity contribution < 1.29 is 24.2 Å². The number of ether oxygens (including phenoxy) is 1. The first-order valence-corrected chi connectivity index (χ1v) is 11.5. The smallest absolute Gasteiger partial charge is 0.327 e. The van der Waals surface area contributed by atoms with Gasteiger partial charge in [-0.25, -0.2) is 4.79 Å². The van der Waals surface area contributed by atoms with Crippen molar-refractivity contribution in [2.75, 3.05) is 18.6 Å². The number of thioether (sulfide) groups is 2. The first-order chi connectivity index (χ1) is 14.4. The van der Waals surface area contributed by atoms with Crippen LogP contribution in [0.2, 0.25) is 0 Å². The molecule has 0 radical (unpaired) electrons. The molecular formula is C22H25NO5S2. The van der Waals surface area contributed by atoms with Crippen molar-refractivity contribution >= 4 is 40.5 Å². The molecule has 160 valence electrons. The maximum atomic E-state index is 12.4. The van der Waals surface area contributed by atoms with Gasteiger partial charge in [-0.15, -0.1) is 0 Å². The van der Waals surface area contributed by atoms with Gasteiger partial charge >= 0.3 is 5.97 Å². The Kier molecular flexibility index (Phi) is 9.76. The van der Waals surface area contributed by atoms with Gasteiger partial charge in [-0.3, -0.25) is 9.59 Å². The van der Waals surface area contributed by atoms with E-state index in [9.17, 15) is 19.5 Å². The number of hydrogen-bond acceptors (Lipinski definition) is 6. The van der Waals surface area contributed by atoms with Crippen molar-refractivity contribution in [2.24, 2.45) is 5.92 Å². The quantitative estimate of drug-likeness (QED) is 0.542. The summed E-state index contributed by atoms with van der Waals surface area (Å²) >= 11 is 2.49. The summed E-state index contributed by atoms with van der Waals surface area (Å²) in [5.41, 5.74) is 1.62. The van der Waals surface area contributed by atoms with Crippen molar-refractivity contribution in [3.8, 4) is 5.75 Å². The van der Waals surface area contributed by atoms with E-state index in [-0.39, 0.29) is 22.5 Å². The number of nitrogens with one attached hydrogen (secondary N) is 1. The molecule has 0 aromatic heterocycles. The maximum absolute atomic E-state index is 12.4. The van der Waals surface area contributed by atoms with E-state index in [1.54, 1.807) is 38.3 Å². The number of benzene rings is 2. The van der Waals surface area contributed by atoms with Crippen LogP contribution in [0.25, 0.3) is 0 Å². The van der Waals surface area contributed by atoms with Gasteiger partial charge in [0.05, 0.1) is 7.11 Å². The average molecular weight is 448 g/mol. The van der Waals surface area contributed by atoms with Crippen molar-refractivity contribution in [1.82, 2.24) is 5.32 Å². The molecule has 30 heavy (non-hydrogen) atoms. The predicted octanol–water partition coefficient (Wildman–Crippen LogP) is 3.71. The molecule has 0 unspecified atom stereocenters. The van der Waals surface area contributed by atoms with Crippen molar-refractivity contribution in [2.45, 2.75) is 18.7 Å². The average Bonchev–Trinajstić information content (AvgIpc) is 2.77. The Morgan fingerprint density at radius 2 is 1.70 bits per heavy atom. The number of carboxylic acids is 1. The van der Waals surface area contributed by atoms with Gasteiger partial charge in [0.15, 0.2) is 0 Å². The van der Waals surface area contributed by atoms with Gasteiger partial charge in [-0.1, -0.05) is 61.2 Å². The summed E-state index contributed by atoms with van der Waals surface area (Å²) in [4.78, 5) is 36.1. The molecule has 0 aliphatic carbocycles. The first kappa shape index (κ1) is 23.8. The fraction of sp³-hybridized carbons (Fsp3) is 0.318. The van der Waals surface area contributed by atoms with E-state index in [0.29, 0.717) is 11.3 Å². The second kappa shape index (κ2) is 12.3. The molecule has 0 fully saturated rings. The molecule has 8 heteroatoms. The number of methoxy groups -OCH3 is 1. The second-order valence-corrected chi connectivity index (χ2v) is 8.65. The van der Waals surface area contributed by atoms with E-state index in [1.165, 1.54) is 11.8 Å². The standard InChI is InChI=1S/C22H25NO5S2/c1-15(12-30-22(27)17-6-4-3-5-7-17)20(24)23-19(21(25)26)14-29-13-16-8-10-18(28-2)11-9-16/h3-11,15,19H,12-14H2,1-2H3,(H,23,24)(H,25,26)/t15-,19+/m1/s1. The van der Waals surface area contributed by atoms with Crippen LogP contribution >= 0.6 is 23.5 Å². The number of hydrogen-bond donors (Lipinski definition) is 2. The van der Waals surface area contributed by atoms with Gasteiger partial charge in [0.1, 0.15) is 11.8 Å². The van der Waals surface area contributed by atoms with Gasteiger partial charge in [-0.05, 0) is 17.7 Å². The van der Waals surface area contributed by atoms with Crippen LogP contribution in [0.3, 0.4) is 0 Å². The summed E-state index contributed by atoms with van der Waals surface area (Å²) in [5, 5.41) is 11.9. The fourth-order valence-electron chi connectivity index (χ4n) is 2.44. The summed E-state index contributed by atoms with van der Waals surface area (Å²) in [6.45, 7) is 1.68. The molecule has 2 rings (SSSR count). The van der Waals surface area contributed by atoms with E-state index in [1.807, 2.05) is 30.3 Å². The van der Waals surface area contributed by atoms with Crippen LogP contribution in [0.15, 0.2) is 54.6 Å². The van der Waals surface area contributed by atoms with E-state index in [4.69, 9.17) is 4.74 Å². The summed E-state index contributed by atoms with van der Waals surface area (Å²) in [6.07, 6.45) is 0. The zero-order chi connectivity index (χ0) is 21.9. The SMILES string of the molecule is COc1ccc(CSC[C@H](NC(=O)[C@H](C)CSC(=O)c2ccccc2)C(=O)O)cc1. The summed E-state index contributed by atoms with van der Waals surface area (Å²) in [7, 11) is 1.60. The zero-order valence-electron chi connectivity index (χ0n) is 16.9. The summed E-state index contributed by atoms with van der Waals surface area (Å²) in [6, 6.07) is 15.4. The monoisotopic (exact) mass is 447 g/mol. The molecule has 2 aromatic carbocycles. The van der Waals surface area contributed by atoms with Crippen LogP contribution in [0.4, 0.5) is 0 Å². The lowest BCUT2D eigenvalue weighted by Gasteiger charge is -2.17. The van der Waals surface area contributed by atoms with Gasteiger partial charge in [0.25, 0.3) is 0 Å². The van der Waals surface area contributed by atoms with Crippen molar-refractivity contribution in [3.05, 3.63) is 65.7 Å². The van der Waals surface area contributed by atoms with Crippen LogP contribution in [-0.2, 0) is 15.3 Å². The first-order valence-electron chi connectivity index (χ1n) is 9.36. The molecule has 0 saturated heterocycles. The third kappa shape index (κ3) is 7.76. The highest BCUT2D eigenvalue weighted by molar-refractivity contribution is 8.14. The summed E-state index contributed by atoms with van der Waals surface area (Å²) < 4.78 is 5.11. The predicted molar refractivity (Wildman–Crippen MR) is 121 cm³/mol. The molecule has 0 spiro atoms. The number of amides is 1. The minimum Gasteiger partial charge on any atom is -0.497 e. The van der Waals surface area contributed by atoms with Gasteiger partial charge in [-0.2, -0.15) is 11.8 Å². The number of carbonyl (C=O) groups is 3. The Morgan fingerprint density at radius 3 is 2.30 bits per heavy atom. The molecule has 0 aliphatic heterocycles. The molecule has 0 bridgehead atoms. The molecule has 2 atom stereocenters. The Morgan fingerprint density at radius 1 is 1.03 bits per heavy atom. The molecular weight excluding hydrogens is 422 g/mol. The second-order valence-electron chi connectivity index (χ2n) is 6.63. The maximum Gasteiger partial charge on any atom is 0.327 e. The number of carboxylic acid groups (broad SMARTS) is 1. The molecule has 0 heterocycles. The molecule has 6 nitrogen and oxygen atoms in total. The topological polar surface area (TPSA) is 92.7 Å². The van der Waals surface area contributed by atoms with Crippen molar-refractivity contribution in [3.63, 3.8) is 0 Å². The van der Waals surface area contributed by atoms with Crippen LogP contribution in [-0.4, -0.2) is 46.8 Å². The Bertz CT molecular complexity index is 842. The highest BCUT2D eigenvalue weighted by Gasteiger charge is 2.23. The number of aliphatic carboxylic acids is 1. The number of carbonyl (C=O) groups excluding carboxylic acids is 2. The van der Waals surface area contributed by atoms with Crippen molar-refractivity contribution in [1.29, 1.82) is 0 Å². The largest absolute Gasteiger partial charge is 0.497 e. The highest BCUT2D eigenvalue weighted by Crippen LogP contribution is 2.18. The highest BCUT2D eigenvalue weighted by atomic mass is 32.2. The van der Waals surface area contributed by atoms with E-state index < -0.39 is 17.9 Å². The molecule has 1 amide bonds. The van der Waals surface area contributed by atoms with E-state index in [0.717, 1.165) is 23.1 Å². The van der Waals surface area contributed by atoms with E-state index in [2.05, 4.69) is 5.32 Å². The minimum atomic E-state index is -1.08. The molecule has 0 aliphatic rings. The Hall–Kier alpha value is -2.45. The van der Waals surface area contributed by atoms with Gasteiger partial charge < -0.3 is 15.2 Å². The van der Waals surface area contributed by atoms with E-state index >= 15 is 0 Å². The lowest BCUT2D eigenvalue weighted by Crippen LogP contribution is -2.45. The third-order valence-corrected chi connectivity index (χ3v) is 6.52. The lowest BCUT2D eigenvalue weighted by atomic mass is 10.2. The van der Waals surface area contributed by atoms with Crippen LogP contribution in [0.1, 0.15) is 22.8 Å². The Balaban J connectivity index is 1.78. The fourth-order valence-corrected chi connectivity index (χ4v) is 4.30. The third-order valence-electron chi connectivity index (χ3n) is 4.25. The van der Waals surface area contributed by atoms with Crippen LogP contribution < -0.4 is 10.1 Å². The van der Waals surface area contributed by atoms with Crippen LogP contribution in [0, 0.1) is 5.92 Å². The normalized spacial score (nSPS) is 12.6. The van der Waals surface area contributed by atoms with Gasteiger partial charge in [0, 0.05) is 28.7 Å². The molecule has 0 saturated carbocycles. The summed E-state index contributed by atoms with van der Waals surface area (Å²) in [5.74, 6) is -0.0266. The zero-order valence-corrected chi connectivity index (χ0v) is 18.5. The lowest BCUT2D eigenvalue weighted by molar-refractivity contribution is -0.141. The van der Waals surface area contributed by atoms with Gasteiger partial charge in [0.2, 0.25) is 11.0 Å². The molecule has 2 aromatic rings. The Labute approximate surface area is 184 Å².